The third kappa shape index (κ3) is 4.49. The minimum Gasteiger partial charge on any atom is -0.465 e. The van der Waals surface area contributed by atoms with Crippen molar-refractivity contribution in [2.45, 2.75) is 43.5 Å². The van der Waals surface area contributed by atoms with E-state index in [1.807, 2.05) is 13.8 Å². The first-order valence-corrected chi connectivity index (χ1v) is 9.26. The molecule has 0 aromatic heterocycles. The molecule has 1 aliphatic heterocycles. The SMILES string of the molecule is CC1(C)CC(CCC#Cc2ccc(S(N)(=O)=O)cc2)CN1C(=O)O. The Labute approximate surface area is 142 Å². The predicted octanol–water partition coefficient (Wildman–Crippen LogP) is 2.24. The smallest absolute Gasteiger partial charge is 0.407 e. The van der Waals surface area contributed by atoms with Crippen LogP contribution < -0.4 is 5.14 Å². The molecule has 130 valence electrons. The molecule has 1 amide bonds. The van der Waals surface area contributed by atoms with Crippen LogP contribution in [0.2, 0.25) is 0 Å². The summed E-state index contributed by atoms with van der Waals surface area (Å²) < 4.78 is 22.3. The van der Waals surface area contributed by atoms with Gasteiger partial charge in [-0.2, -0.15) is 0 Å². The molecule has 0 bridgehead atoms. The summed E-state index contributed by atoms with van der Waals surface area (Å²) in [5, 5.41) is 14.3. The molecule has 1 atom stereocenters. The van der Waals surface area contributed by atoms with Crippen molar-refractivity contribution in [1.82, 2.24) is 4.90 Å². The second-order valence-corrected chi connectivity index (χ2v) is 8.25. The van der Waals surface area contributed by atoms with E-state index in [4.69, 9.17) is 5.14 Å². The van der Waals surface area contributed by atoms with Crippen LogP contribution in [0.25, 0.3) is 0 Å². The van der Waals surface area contributed by atoms with E-state index in [2.05, 4.69) is 11.8 Å². The zero-order chi connectivity index (χ0) is 18.0. The van der Waals surface area contributed by atoms with Crippen LogP contribution in [0.4, 0.5) is 4.79 Å². The fraction of sp³-hybridized carbons (Fsp3) is 0.471. The van der Waals surface area contributed by atoms with Crippen LogP contribution in [0, 0.1) is 17.8 Å². The first-order chi connectivity index (χ1) is 11.1. The number of primary sulfonamides is 1. The summed E-state index contributed by atoms with van der Waals surface area (Å²) in [5.74, 6) is 6.36. The van der Waals surface area contributed by atoms with Gasteiger partial charge in [-0.05, 0) is 56.9 Å². The Morgan fingerprint density at radius 2 is 2.00 bits per heavy atom. The average Bonchev–Trinajstić information content (AvgIpc) is 2.78. The standard InChI is InChI=1S/C17H22N2O4S/c1-17(2)11-14(12-19(17)16(20)21)6-4-3-5-13-7-9-15(10-8-13)24(18,22)23/h7-10,14H,4,6,11-12H2,1-2H3,(H,20,21)(H2,18,22,23). The van der Waals surface area contributed by atoms with Gasteiger partial charge in [0, 0.05) is 24.1 Å². The van der Waals surface area contributed by atoms with Crippen LogP contribution in [0.3, 0.4) is 0 Å². The molecule has 1 heterocycles. The molecule has 1 aromatic carbocycles. The number of amides is 1. The molecule has 0 radical (unpaired) electrons. The quantitative estimate of drug-likeness (QED) is 0.816. The Kier molecular flexibility index (Phi) is 5.21. The van der Waals surface area contributed by atoms with Gasteiger partial charge in [0.1, 0.15) is 0 Å². The second kappa shape index (κ2) is 6.83. The number of hydrogen-bond acceptors (Lipinski definition) is 3. The maximum Gasteiger partial charge on any atom is 0.407 e. The van der Waals surface area contributed by atoms with Crippen LogP contribution in [0.5, 0.6) is 0 Å². The monoisotopic (exact) mass is 350 g/mol. The fourth-order valence-corrected chi connectivity index (χ4v) is 3.60. The van der Waals surface area contributed by atoms with Gasteiger partial charge in [-0.3, -0.25) is 0 Å². The highest BCUT2D eigenvalue weighted by molar-refractivity contribution is 7.89. The minimum atomic E-state index is -3.68. The van der Waals surface area contributed by atoms with Gasteiger partial charge in [-0.15, -0.1) is 0 Å². The predicted molar refractivity (Wildman–Crippen MR) is 90.8 cm³/mol. The van der Waals surface area contributed by atoms with Crippen molar-refractivity contribution in [3.8, 4) is 11.8 Å². The Morgan fingerprint density at radius 1 is 1.38 bits per heavy atom. The Morgan fingerprint density at radius 3 is 2.50 bits per heavy atom. The lowest BCUT2D eigenvalue weighted by Crippen LogP contribution is -2.41. The van der Waals surface area contributed by atoms with E-state index in [9.17, 15) is 18.3 Å². The van der Waals surface area contributed by atoms with E-state index in [-0.39, 0.29) is 10.4 Å². The molecule has 2 rings (SSSR count). The summed E-state index contributed by atoms with van der Waals surface area (Å²) in [7, 11) is -3.68. The van der Waals surface area contributed by atoms with E-state index in [0.717, 1.165) is 18.4 Å². The van der Waals surface area contributed by atoms with Gasteiger partial charge in [-0.25, -0.2) is 18.4 Å². The minimum absolute atomic E-state index is 0.0648. The molecular formula is C17H22N2O4S. The van der Waals surface area contributed by atoms with Crippen LogP contribution in [-0.2, 0) is 10.0 Å². The molecule has 6 nitrogen and oxygen atoms in total. The number of likely N-dealkylation sites (tertiary alicyclic amines) is 1. The zero-order valence-corrected chi connectivity index (χ0v) is 14.6. The number of nitrogens with zero attached hydrogens (tertiary/aromatic N) is 1. The highest BCUT2D eigenvalue weighted by Gasteiger charge is 2.40. The zero-order valence-electron chi connectivity index (χ0n) is 13.8. The molecule has 7 heteroatoms. The molecule has 0 aliphatic carbocycles. The van der Waals surface area contributed by atoms with Gasteiger partial charge >= 0.3 is 6.09 Å². The summed E-state index contributed by atoms with van der Waals surface area (Å²) in [6, 6.07) is 6.11. The lowest BCUT2D eigenvalue weighted by atomic mass is 9.93. The Hall–Kier alpha value is -2.04. The van der Waals surface area contributed by atoms with Crippen LogP contribution in [0.15, 0.2) is 29.2 Å². The summed E-state index contributed by atoms with van der Waals surface area (Å²) in [4.78, 5) is 12.8. The summed E-state index contributed by atoms with van der Waals surface area (Å²) in [6.07, 6.45) is 1.48. The van der Waals surface area contributed by atoms with Crippen molar-refractivity contribution in [3.63, 3.8) is 0 Å². The number of rotatable bonds is 3. The van der Waals surface area contributed by atoms with E-state index in [0.29, 0.717) is 18.9 Å². The largest absolute Gasteiger partial charge is 0.465 e. The summed E-state index contributed by atoms with van der Waals surface area (Å²) in [6.45, 7) is 4.44. The van der Waals surface area contributed by atoms with Gasteiger partial charge in [-0.1, -0.05) is 11.8 Å². The number of carbonyl (C=O) groups is 1. The number of hydrogen-bond donors (Lipinski definition) is 2. The van der Waals surface area contributed by atoms with Gasteiger partial charge in [0.25, 0.3) is 0 Å². The lowest BCUT2D eigenvalue weighted by Gasteiger charge is -2.28. The molecule has 0 saturated carbocycles. The van der Waals surface area contributed by atoms with Gasteiger partial charge in [0.05, 0.1) is 4.90 Å². The Balaban J connectivity index is 1.90. The molecule has 1 aliphatic rings. The van der Waals surface area contributed by atoms with E-state index in [1.54, 1.807) is 12.1 Å². The van der Waals surface area contributed by atoms with Gasteiger partial charge < -0.3 is 10.0 Å². The van der Waals surface area contributed by atoms with Crippen LogP contribution in [-0.4, -0.2) is 36.6 Å². The topological polar surface area (TPSA) is 101 Å². The third-order valence-electron chi connectivity index (χ3n) is 4.28. The molecule has 24 heavy (non-hydrogen) atoms. The summed E-state index contributed by atoms with van der Waals surface area (Å²) >= 11 is 0. The second-order valence-electron chi connectivity index (χ2n) is 6.69. The highest BCUT2D eigenvalue weighted by Crippen LogP contribution is 2.34. The maximum absolute atomic E-state index is 11.2. The van der Waals surface area contributed by atoms with Crippen LogP contribution in [0.1, 0.15) is 38.7 Å². The molecular weight excluding hydrogens is 328 g/mol. The first-order valence-electron chi connectivity index (χ1n) is 7.72. The van der Waals surface area contributed by atoms with Crippen LogP contribution >= 0.6 is 0 Å². The van der Waals surface area contributed by atoms with Crippen molar-refractivity contribution in [2.24, 2.45) is 11.1 Å². The van der Waals surface area contributed by atoms with E-state index in [1.165, 1.54) is 17.0 Å². The lowest BCUT2D eigenvalue weighted by molar-refractivity contribution is 0.117. The Bertz CT molecular complexity index is 773. The molecule has 0 spiro atoms. The summed E-state index contributed by atoms with van der Waals surface area (Å²) in [5.41, 5.74) is 0.398. The van der Waals surface area contributed by atoms with E-state index < -0.39 is 16.1 Å². The average molecular weight is 350 g/mol. The molecule has 1 saturated heterocycles. The number of sulfonamides is 1. The van der Waals surface area contributed by atoms with Crippen molar-refractivity contribution in [3.05, 3.63) is 29.8 Å². The molecule has 1 unspecified atom stereocenters. The third-order valence-corrected chi connectivity index (χ3v) is 5.21. The van der Waals surface area contributed by atoms with E-state index >= 15 is 0 Å². The maximum atomic E-state index is 11.2. The first kappa shape index (κ1) is 18.3. The normalized spacial score (nSPS) is 19.6. The van der Waals surface area contributed by atoms with Crippen molar-refractivity contribution in [1.29, 1.82) is 0 Å². The number of nitrogens with two attached hydrogens (primary N) is 1. The molecule has 3 N–H and O–H groups in total. The van der Waals surface area contributed by atoms with Crippen molar-refractivity contribution in [2.75, 3.05) is 6.54 Å². The highest BCUT2D eigenvalue weighted by atomic mass is 32.2. The number of carboxylic acid groups (broad SMARTS) is 1. The van der Waals surface area contributed by atoms with Gasteiger partial charge in [0.15, 0.2) is 0 Å². The van der Waals surface area contributed by atoms with Crippen molar-refractivity contribution < 1.29 is 18.3 Å². The fourth-order valence-electron chi connectivity index (χ4n) is 3.09. The van der Waals surface area contributed by atoms with Gasteiger partial charge in [0.2, 0.25) is 10.0 Å². The molecule has 1 fully saturated rings. The number of benzene rings is 1. The molecule has 1 aromatic rings. The van der Waals surface area contributed by atoms with Crippen molar-refractivity contribution >= 4 is 16.1 Å².